The summed E-state index contributed by atoms with van der Waals surface area (Å²) in [4.78, 5) is 25.8. The second-order valence-corrected chi connectivity index (χ2v) is 7.34. The third kappa shape index (κ3) is 4.33. The topological polar surface area (TPSA) is 111 Å². The van der Waals surface area contributed by atoms with Crippen LogP contribution in [0.5, 0.6) is 0 Å². The molecule has 0 radical (unpaired) electrons. The van der Waals surface area contributed by atoms with Gasteiger partial charge in [0.05, 0.1) is 38.3 Å². The van der Waals surface area contributed by atoms with E-state index in [1.807, 2.05) is 0 Å². The van der Waals surface area contributed by atoms with Crippen molar-refractivity contribution in [2.75, 3.05) is 43.4 Å². The van der Waals surface area contributed by atoms with Crippen LogP contribution >= 0.6 is 0 Å². The standard InChI is InChI=1S/C16H20N2O7S/c1-10-5-6-11(17-26(4,21)22)7-13(10)18-9-25-8-12(15(19)23-2)14(18)16(20)24-3/h5-7,17H,8-9H2,1-4H3. The molecule has 0 aliphatic carbocycles. The van der Waals surface area contributed by atoms with Crippen molar-refractivity contribution in [2.24, 2.45) is 0 Å². The lowest BCUT2D eigenvalue weighted by molar-refractivity contribution is -0.140. The molecule has 0 aromatic heterocycles. The zero-order valence-corrected chi connectivity index (χ0v) is 15.7. The molecular weight excluding hydrogens is 364 g/mol. The van der Waals surface area contributed by atoms with Crippen molar-refractivity contribution < 1.29 is 32.2 Å². The van der Waals surface area contributed by atoms with Crippen LogP contribution in [-0.4, -0.2) is 54.2 Å². The SMILES string of the molecule is COC(=O)C1=C(C(=O)OC)N(c2cc(NS(C)(=O)=O)ccc2C)COC1. The van der Waals surface area contributed by atoms with Crippen LogP contribution in [0.1, 0.15) is 5.56 Å². The predicted octanol–water partition coefficient (Wildman–Crippen LogP) is 0.761. The van der Waals surface area contributed by atoms with Gasteiger partial charge in [-0.1, -0.05) is 6.07 Å². The van der Waals surface area contributed by atoms with E-state index in [1.165, 1.54) is 19.1 Å². The van der Waals surface area contributed by atoms with Gasteiger partial charge in [0.2, 0.25) is 10.0 Å². The van der Waals surface area contributed by atoms with Gasteiger partial charge in [-0.3, -0.25) is 4.72 Å². The van der Waals surface area contributed by atoms with Crippen molar-refractivity contribution >= 4 is 33.3 Å². The number of methoxy groups -OCH3 is 2. The van der Waals surface area contributed by atoms with Crippen LogP contribution in [0.2, 0.25) is 0 Å². The number of nitrogens with zero attached hydrogens (tertiary/aromatic N) is 1. The molecule has 1 aromatic carbocycles. The van der Waals surface area contributed by atoms with Crippen molar-refractivity contribution in [2.45, 2.75) is 6.92 Å². The van der Waals surface area contributed by atoms with Gasteiger partial charge in [0.25, 0.3) is 0 Å². The minimum Gasteiger partial charge on any atom is -0.466 e. The summed E-state index contributed by atoms with van der Waals surface area (Å²) in [5.41, 5.74) is 1.54. The predicted molar refractivity (Wildman–Crippen MR) is 94.0 cm³/mol. The average Bonchev–Trinajstić information content (AvgIpc) is 2.60. The van der Waals surface area contributed by atoms with E-state index in [4.69, 9.17) is 14.2 Å². The second kappa shape index (κ2) is 7.75. The number of carbonyl (C=O) groups excluding carboxylic acids is 2. The number of ether oxygens (including phenoxy) is 3. The highest BCUT2D eigenvalue weighted by molar-refractivity contribution is 7.92. The van der Waals surface area contributed by atoms with E-state index < -0.39 is 22.0 Å². The van der Waals surface area contributed by atoms with E-state index in [0.29, 0.717) is 11.4 Å². The molecule has 9 nitrogen and oxygen atoms in total. The minimum atomic E-state index is -3.48. The number of aryl methyl sites for hydroxylation is 1. The fourth-order valence-corrected chi connectivity index (χ4v) is 3.07. The molecule has 10 heteroatoms. The van der Waals surface area contributed by atoms with Crippen molar-refractivity contribution in [1.82, 2.24) is 0 Å². The van der Waals surface area contributed by atoms with E-state index in [0.717, 1.165) is 11.8 Å². The van der Waals surface area contributed by atoms with Gasteiger partial charge in [0.1, 0.15) is 12.4 Å². The summed E-state index contributed by atoms with van der Waals surface area (Å²) >= 11 is 0. The van der Waals surface area contributed by atoms with Gasteiger partial charge in [-0.2, -0.15) is 0 Å². The molecule has 0 saturated heterocycles. The van der Waals surface area contributed by atoms with Crippen molar-refractivity contribution in [1.29, 1.82) is 0 Å². The van der Waals surface area contributed by atoms with Crippen LogP contribution in [0.25, 0.3) is 0 Å². The van der Waals surface area contributed by atoms with Crippen molar-refractivity contribution in [3.8, 4) is 0 Å². The Balaban J connectivity index is 2.59. The fourth-order valence-electron chi connectivity index (χ4n) is 2.51. The second-order valence-electron chi connectivity index (χ2n) is 5.59. The first-order chi connectivity index (χ1) is 12.2. The summed E-state index contributed by atoms with van der Waals surface area (Å²) in [6.07, 6.45) is 1.03. The Kier molecular flexibility index (Phi) is 5.88. The third-order valence-electron chi connectivity index (χ3n) is 3.64. The Labute approximate surface area is 151 Å². The Bertz CT molecular complexity index is 861. The van der Waals surface area contributed by atoms with Gasteiger partial charge in [-0.05, 0) is 24.6 Å². The van der Waals surface area contributed by atoms with Crippen LogP contribution in [0.3, 0.4) is 0 Å². The quantitative estimate of drug-likeness (QED) is 0.741. The maximum atomic E-state index is 12.3. The maximum Gasteiger partial charge on any atom is 0.355 e. The zero-order chi connectivity index (χ0) is 19.5. The van der Waals surface area contributed by atoms with Crippen molar-refractivity contribution in [3.05, 3.63) is 35.0 Å². The first-order valence-corrected chi connectivity index (χ1v) is 9.40. The number of hydrogen-bond donors (Lipinski definition) is 1. The minimum absolute atomic E-state index is 0.00907. The van der Waals surface area contributed by atoms with Crippen LogP contribution in [0.4, 0.5) is 11.4 Å². The summed E-state index contributed by atoms with van der Waals surface area (Å²) in [5, 5.41) is 0. The summed E-state index contributed by atoms with van der Waals surface area (Å²) in [6.45, 7) is 1.66. The lowest BCUT2D eigenvalue weighted by Crippen LogP contribution is -2.39. The molecule has 26 heavy (non-hydrogen) atoms. The molecular formula is C16H20N2O7S. The van der Waals surface area contributed by atoms with E-state index in [9.17, 15) is 18.0 Å². The number of rotatable bonds is 5. The highest BCUT2D eigenvalue weighted by atomic mass is 32.2. The molecule has 0 spiro atoms. The van der Waals surface area contributed by atoms with Crippen LogP contribution < -0.4 is 9.62 Å². The van der Waals surface area contributed by atoms with Crippen LogP contribution in [-0.2, 0) is 33.8 Å². The number of nitrogens with one attached hydrogen (secondary N) is 1. The van der Waals surface area contributed by atoms with Gasteiger partial charge in [-0.25, -0.2) is 18.0 Å². The largest absolute Gasteiger partial charge is 0.466 e. The van der Waals surface area contributed by atoms with Crippen LogP contribution in [0, 0.1) is 6.92 Å². The molecule has 2 rings (SSSR count). The highest BCUT2D eigenvalue weighted by Gasteiger charge is 2.33. The maximum absolute atomic E-state index is 12.3. The zero-order valence-electron chi connectivity index (χ0n) is 14.9. The molecule has 0 unspecified atom stereocenters. The number of benzene rings is 1. The molecule has 0 bridgehead atoms. The Morgan fingerprint density at radius 3 is 2.42 bits per heavy atom. The number of esters is 2. The van der Waals surface area contributed by atoms with E-state index >= 15 is 0 Å². The fraction of sp³-hybridized carbons (Fsp3) is 0.375. The first kappa shape index (κ1) is 19.7. The molecule has 0 saturated carbocycles. The molecule has 1 N–H and O–H groups in total. The normalized spacial score (nSPS) is 14.8. The number of hydrogen-bond acceptors (Lipinski definition) is 8. The monoisotopic (exact) mass is 384 g/mol. The number of sulfonamides is 1. The third-order valence-corrected chi connectivity index (χ3v) is 4.24. The van der Waals surface area contributed by atoms with E-state index in [2.05, 4.69) is 4.72 Å². The molecule has 142 valence electrons. The molecule has 1 heterocycles. The molecule has 0 fully saturated rings. The van der Waals surface area contributed by atoms with Gasteiger partial charge < -0.3 is 19.1 Å². The van der Waals surface area contributed by atoms with E-state index in [-0.39, 0.29) is 24.6 Å². The number of anilines is 2. The van der Waals surface area contributed by atoms with Crippen molar-refractivity contribution in [3.63, 3.8) is 0 Å². The lowest BCUT2D eigenvalue weighted by atomic mass is 10.1. The Morgan fingerprint density at radius 2 is 1.85 bits per heavy atom. The smallest absolute Gasteiger partial charge is 0.355 e. The summed E-state index contributed by atoms with van der Waals surface area (Å²) in [7, 11) is -1.08. The first-order valence-electron chi connectivity index (χ1n) is 7.51. The molecule has 1 aliphatic heterocycles. The molecule has 0 amide bonds. The van der Waals surface area contributed by atoms with Gasteiger partial charge >= 0.3 is 11.9 Å². The number of carbonyl (C=O) groups is 2. The van der Waals surface area contributed by atoms with E-state index in [1.54, 1.807) is 25.1 Å². The Hall–Kier alpha value is -2.59. The summed E-state index contributed by atoms with van der Waals surface area (Å²) in [5.74, 6) is -1.44. The summed E-state index contributed by atoms with van der Waals surface area (Å²) < 4.78 is 40.3. The van der Waals surface area contributed by atoms with Gasteiger partial charge in [0, 0.05) is 5.69 Å². The highest BCUT2D eigenvalue weighted by Crippen LogP contribution is 2.31. The molecule has 0 atom stereocenters. The van der Waals surface area contributed by atoms with Gasteiger partial charge in [0.15, 0.2) is 0 Å². The Morgan fingerprint density at radius 1 is 1.19 bits per heavy atom. The molecule has 1 aliphatic rings. The summed E-state index contributed by atoms with van der Waals surface area (Å²) in [6, 6.07) is 4.82. The lowest BCUT2D eigenvalue weighted by Gasteiger charge is -2.32. The average molecular weight is 384 g/mol. The molecule has 1 aromatic rings. The van der Waals surface area contributed by atoms with Crippen LogP contribution in [0.15, 0.2) is 29.5 Å². The van der Waals surface area contributed by atoms with Gasteiger partial charge in [-0.15, -0.1) is 0 Å².